The van der Waals surface area contributed by atoms with Crippen LogP contribution in [0.4, 0.5) is 0 Å². The number of carbonyl (C=O) groups is 2. The second-order valence-corrected chi connectivity index (χ2v) is 15.2. The molecule has 0 aliphatic rings. The number of ether oxygens (including phenoxy) is 8. The van der Waals surface area contributed by atoms with Crippen molar-refractivity contribution in [2.24, 2.45) is 17.5 Å². The molecule has 6 aromatic carbocycles. The van der Waals surface area contributed by atoms with Gasteiger partial charge in [0.1, 0.15) is 54.4 Å². The zero-order chi connectivity index (χ0) is 52.0. The Labute approximate surface area is 414 Å². The van der Waals surface area contributed by atoms with Gasteiger partial charge >= 0.3 is 5.97 Å². The highest BCUT2D eigenvalue weighted by Crippen LogP contribution is 2.41. The summed E-state index contributed by atoms with van der Waals surface area (Å²) in [5.41, 5.74) is 8.88. The van der Waals surface area contributed by atoms with Gasteiger partial charge in [0.25, 0.3) is 0 Å². The SMILES string of the molecule is COc1ccc(COc2ccc(C(=O)CCCON)c(Cl)c2OCc2ccc(OC)cc2)cc1.COc1ccc(COc2ccc(C(=O)O)c(Cl)c2OCc2ccc(OC)cc2)cc1.NCCON.[2H][2H]. The van der Waals surface area contributed by atoms with E-state index in [9.17, 15) is 14.7 Å². The molecule has 0 spiro atoms. The molecule has 0 unspecified atom stereocenters. The van der Waals surface area contributed by atoms with Gasteiger partial charge in [0.2, 0.25) is 0 Å². The monoisotopic (exact) mass is 993 g/mol. The number of ketones is 1. The minimum atomic E-state index is -1.14. The summed E-state index contributed by atoms with van der Waals surface area (Å²) in [5.74, 6) is 12.6. The Morgan fingerprint density at radius 1 is 0.507 bits per heavy atom. The summed E-state index contributed by atoms with van der Waals surface area (Å²) in [6.07, 6.45) is 0.740. The molecule has 0 amide bonds. The van der Waals surface area contributed by atoms with Crippen LogP contribution >= 0.6 is 23.2 Å². The third kappa shape index (κ3) is 17.7. The summed E-state index contributed by atoms with van der Waals surface area (Å²) in [4.78, 5) is 32.8. The van der Waals surface area contributed by atoms with Crippen molar-refractivity contribution in [1.29, 1.82) is 0 Å². The van der Waals surface area contributed by atoms with E-state index in [1.54, 1.807) is 46.6 Å². The first-order chi connectivity index (χ1) is 34.5. The number of Topliss-reactive ketones (excluding diaryl/α,β-unsaturated/α-hetero) is 1. The van der Waals surface area contributed by atoms with Gasteiger partial charge in [0.15, 0.2) is 28.8 Å². The van der Waals surface area contributed by atoms with Gasteiger partial charge in [0, 0.05) is 21.5 Å². The van der Waals surface area contributed by atoms with Gasteiger partial charge in [-0.3, -0.25) is 4.79 Å². The van der Waals surface area contributed by atoms with Gasteiger partial charge in [-0.15, -0.1) is 0 Å². The molecular weight excluding hydrogens is 933 g/mol. The third-order valence-corrected chi connectivity index (χ3v) is 10.5. The second-order valence-electron chi connectivity index (χ2n) is 14.4. The number of hydrogen-bond acceptors (Lipinski definition) is 15. The van der Waals surface area contributed by atoms with Crippen molar-refractivity contribution >= 4 is 35.0 Å². The van der Waals surface area contributed by atoms with Crippen LogP contribution in [0.15, 0.2) is 121 Å². The Kier molecular flexibility index (Phi) is 23.0. The number of nitrogens with two attached hydrogens (primary N) is 3. The summed E-state index contributed by atoms with van der Waals surface area (Å²) in [7, 11) is 6.42. The number of hydrogen-bond donors (Lipinski definition) is 4. The molecule has 0 atom stereocenters. The van der Waals surface area contributed by atoms with Crippen LogP contribution in [0.5, 0.6) is 46.0 Å². The van der Waals surface area contributed by atoms with E-state index in [1.165, 1.54) is 6.07 Å². The molecule has 0 radical (unpaired) electrons. The molecule has 7 N–H and O–H groups in total. The van der Waals surface area contributed by atoms with Crippen molar-refractivity contribution in [2.75, 3.05) is 48.2 Å². The van der Waals surface area contributed by atoms with Crippen LogP contribution in [0.25, 0.3) is 0 Å². The van der Waals surface area contributed by atoms with E-state index in [4.69, 9.17) is 75.7 Å². The van der Waals surface area contributed by atoms with Crippen LogP contribution in [0.3, 0.4) is 0 Å². The first kappa shape index (κ1) is 53.2. The molecule has 0 aliphatic heterocycles. The summed E-state index contributed by atoms with van der Waals surface area (Å²) in [6.45, 7) is 2.20. The van der Waals surface area contributed by atoms with Crippen LogP contribution in [0.1, 0.15) is 58.8 Å². The quantitative estimate of drug-likeness (QED) is 0.0252. The largest absolute Gasteiger partial charge is 0.497 e. The van der Waals surface area contributed by atoms with Gasteiger partial charge in [-0.1, -0.05) is 71.7 Å². The Balaban J connectivity index is 0.000000334. The molecular formula is C51H59Cl2N3O13. The van der Waals surface area contributed by atoms with E-state index in [-0.39, 0.29) is 60.0 Å². The fraction of sp³-hybridized carbons (Fsp3) is 0.255. The molecule has 0 saturated heterocycles. The number of carboxylic acid groups (broad SMARTS) is 1. The fourth-order valence-corrected chi connectivity index (χ4v) is 6.60. The zero-order valence-electron chi connectivity index (χ0n) is 40.7. The average molecular weight is 995 g/mol. The summed E-state index contributed by atoms with van der Waals surface area (Å²) < 4.78 is 54.5. The van der Waals surface area contributed by atoms with E-state index in [0.717, 1.165) is 45.3 Å². The van der Waals surface area contributed by atoms with Crippen molar-refractivity contribution in [3.63, 3.8) is 0 Å². The van der Waals surface area contributed by atoms with Gasteiger partial charge in [-0.25, -0.2) is 16.6 Å². The van der Waals surface area contributed by atoms with Crippen molar-refractivity contribution in [1.82, 2.24) is 0 Å². The number of carbonyl (C=O) groups excluding carboxylic acids is 1. The molecule has 0 bridgehead atoms. The number of rotatable bonds is 24. The van der Waals surface area contributed by atoms with Crippen LogP contribution in [-0.2, 0) is 36.1 Å². The van der Waals surface area contributed by atoms with Crippen molar-refractivity contribution in [2.45, 2.75) is 39.3 Å². The average Bonchev–Trinajstić information content (AvgIpc) is 3.40. The van der Waals surface area contributed by atoms with E-state index >= 15 is 0 Å². The normalized spacial score (nSPS) is 10.4. The topological polar surface area (TPSA) is 225 Å². The molecule has 69 heavy (non-hydrogen) atoms. The fourth-order valence-electron chi connectivity index (χ4n) is 5.99. The molecule has 6 aromatic rings. The number of methoxy groups -OCH3 is 4. The van der Waals surface area contributed by atoms with Crippen molar-refractivity contribution in [3.05, 3.63) is 165 Å². The molecule has 0 saturated carbocycles. The molecule has 0 aromatic heterocycles. The predicted molar refractivity (Wildman–Crippen MR) is 264 cm³/mol. The van der Waals surface area contributed by atoms with Crippen LogP contribution in [-0.4, -0.2) is 65.1 Å². The van der Waals surface area contributed by atoms with Gasteiger partial charge < -0.3 is 58.4 Å². The standard InChI is InChI=1S/C26H28ClNO6.C23H21ClO6.C2H8N2O.H2/c1-30-20-9-5-18(6-10-20)16-32-24-14-13-22(23(29)4-3-15-34-28)25(27)26(24)33-17-19-7-11-21(31-2)12-8-19;1-27-17-7-3-15(4-8-17)13-29-20-12-11-19(23(25)26)21(24)22(20)30-14-16-5-9-18(28-2)10-6-16;3-1-2-5-4;/h5-14H,3-4,15-17,28H2,1-2H3;3-12H,13-14H2,1-2H3,(H,25,26);1-4H2;1H/i;;;1+1D. The van der Waals surface area contributed by atoms with E-state index < -0.39 is 5.97 Å². The Hall–Kier alpha value is -6.76. The Morgan fingerprint density at radius 3 is 1.14 bits per heavy atom. The van der Waals surface area contributed by atoms with Crippen LogP contribution in [0, 0.1) is 0 Å². The predicted octanol–water partition coefficient (Wildman–Crippen LogP) is 9.66. The minimum absolute atomic E-state index is 0.0109. The molecule has 0 aliphatic carbocycles. The molecule has 370 valence electrons. The lowest BCUT2D eigenvalue weighted by Gasteiger charge is -2.17. The molecule has 6 rings (SSSR count). The van der Waals surface area contributed by atoms with E-state index in [0.29, 0.717) is 49.0 Å². The van der Waals surface area contributed by atoms with E-state index in [1.807, 2.05) is 97.1 Å². The number of carboxylic acids is 1. The highest BCUT2D eigenvalue weighted by molar-refractivity contribution is 6.36. The first-order valence-corrected chi connectivity index (χ1v) is 22.0. The first-order valence-electron chi connectivity index (χ1n) is 22.3. The zero-order valence-corrected chi connectivity index (χ0v) is 40.3. The third-order valence-electron chi connectivity index (χ3n) is 9.75. The summed E-state index contributed by atoms with van der Waals surface area (Å²) >= 11 is 13.0. The molecule has 0 heterocycles. The van der Waals surface area contributed by atoms with Crippen LogP contribution in [0.2, 0.25) is 10.0 Å². The Bertz CT molecular complexity index is 2490. The highest BCUT2D eigenvalue weighted by Gasteiger charge is 2.21. The Morgan fingerprint density at radius 2 is 0.841 bits per heavy atom. The molecule has 18 heteroatoms. The smallest absolute Gasteiger partial charge is 0.337 e. The van der Waals surface area contributed by atoms with Gasteiger partial charge in [0.05, 0.1) is 52.2 Å². The lowest BCUT2D eigenvalue weighted by molar-refractivity contribution is 0.0696. The molecule has 16 nitrogen and oxygen atoms in total. The lowest BCUT2D eigenvalue weighted by Crippen LogP contribution is -2.11. The maximum absolute atomic E-state index is 12.7. The van der Waals surface area contributed by atoms with E-state index in [2.05, 4.69) is 15.6 Å². The summed E-state index contributed by atoms with van der Waals surface area (Å²) in [6, 6.07) is 36.1. The van der Waals surface area contributed by atoms with Gasteiger partial charge in [-0.2, -0.15) is 0 Å². The van der Waals surface area contributed by atoms with Crippen molar-refractivity contribution in [3.8, 4) is 46.0 Å². The lowest BCUT2D eigenvalue weighted by atomic mass is 10.1. The summed E-state index contributed by atoms with van der Waals surface area (Å²) in [5, 5.41) is 9.57. The van der Waals surface area contributed by atoms with Crippen molar-refractivity contribution < 1.29 is 65.2 Å². The number of halogens is 2. The minimum Gasteiger partial charge on any atom is -0.497 e. The maximum atomic E-state index is 12.7. The number of aromatic carboxylic acids is 1. The van der Waals surface area contributed by atoms with Crippen LogP contribution < -0.4 is 55.4 Å². The van der Waals surface area contributed by atoms with Gasteiger partial charge in [-0.05, 0) is 101 Å². The highest BCUT2D eigenvalue weighted by atomic mass is 35.5. The number of benzene rings is 6. The maximum Gasteiger partial charge on any atom is 0.337 e. The second kappa shape index (κ2) is 29.9. The molecule has 0 fully saturated rings.